The Hall–Kier alpha value is -3.28. The average molecular weight is 336 g/mol. The second-order valence-electron chi connectivity index (χ2n) is 5.40. The van der Waals surface area contributed by atoms with Gasteiger partial charge in [0.05, 0.1) is 18.1 Å². The summed E-state index contributed by atoms with van der Waals surface area (Å²) in [6.07, 6.45) is 3.68. The molecule has 0 saturated heterocycles. The van der Waals surface area contributed by atoms with Crippen molar-refractivity contribution in [2.45, 2.75) is 13.3 Å². The molecule has 1 aromatic heterocycles. The Morgan fingerprint density at radius 2 is 1.80 bits per heavy atom. The minimum absolute atomic E-state index is 0.179. The molecule has 1 amide bonds. The van der Waals surface area contributed by atoms with Gasteiger partial charge in [-0.3, -0.25) is 4.79 Å². The predicted molar refractivity (Wildman–Crippen MR) is 95.5 cm³/mol. The van der Waals surface area contributed by atoms with Crippen LogP contribution in [0.5, 0.6) is 0 Å². The minimum atomic E-state index is -0.387. The lowest BCUT2D eigenvalue weighted by Gasteiger charge is -2.08. The van der Waals surface area contributed by atoms with Gasteiger partial charge in [-0.15, -0.1) is 0 Å². The highest BCUT2D eigenvalue weighted by atomic mass is 19.1. The van der Waals surface area contributed by atoms with Gasteiger partial charge in [-0.05, 0) is 36.2 Å². The Morgan fingerprint density at radius 1 is 1.04 bits per heavy atom. The van der Waals surface area contributed by atoms with Crippen molar-refractivity contribution in [1.82, 2.24) is 9.97 Å². The van der Waals surface area contributed by atoms with Crippen LogP contribution in [0.15, 0.2) is 60.9 Å². The number of hydrogen-bond acceptors (Lipinski definition) is 4. The lowest BCUT2D eigenvalue weighted by Crippen LogP contribution is -2.14. The summed E-state index contributed by atoms with van der Waals surface area (Å²) in [6.45, 7) is 2.07. The molecule has 0 aliphatic heterocycles. The molecule has 25 heavy (non-hydrogen) atoms. The van der Waals surface area contributed by atoms with Gasteiger partial charge in [0.25, 0.3) is 5.91 Å². The fourth-order valence-corrected chi connectivity index (χ4v) is 2.23. The molecule has 0 spiro atoms. The van der Waals surface area contributed by atoms with Crippen LogP contribution >= 0.6 is 0 Å². The summed E-state index contributed by atoms with van der Waals surface area (Å²) in [5, 5.41) is 5.59. The Labute approximate surface area is 145 Å². The van der Waals surface area contributed by atoms with E-state index in [9.17, 15) is 9.18 Å². The maximum Gasteiger partial charge on any atom is 0.275 e. The van der Waals surface area contributed by atoms with Crippen LogP contribution in [-0.4, -0.2) is 15.9 Å². The van der Waals surface area contributed by atoms with E-state index in [0.29, 0.717) is 17.2 Å². The second kappa shape index (κ2) is 7.53. The van der Waals surface area contributed by atoms with E-state index in [2.05, 4.69) is 27.5 Å². The highest BCUT2D eigenvalue weighted by molar-refractivity contribution is 6.02. The number of nitrogens with zero attached hydrogens (tertiary/aromatic N) is 2. The Bertz CT molecular complexity index is 863. The van der Waals surface area contributed by atoms with Crippen LogP contribution in [0.2, 0.25) is 0 Å². The molecule has 3 rings (SSSR count). The fourth-order valence-electron chi connectivity index (χ4n) is 2.23. The fraction of sp³-hybridized carbons (Fsp3) is 0.105. The summed E-state index contributed by atoms with van der Waals surface area (Å²) in [6, 6.07) is 13.9. The summed E-state index contributed by atoms with van der Waals surface area (Å²) < 4.78 is 13.6. The van der Waals surface area contributed by atoms with Crippen molar-refractivity contribution in [1.29, 1.82) is 0 Å². The SMILES string of the molecule is CCc1ccc(NC(=O)c2cnc(Nc3ccccc3F)cn2)cc1. The number of carbonyl (C=O) groups excluding carboxylic acids is 1. The Balaban J connectivity index is 1.66. The van der Waals surface area contributed by atoms with E-state index in [1.165, 1.54) is 24.0 Å². The lowest BCUT2D eigenvalue weighted by atomic mass is 10.1. The van der Waals surface area contributed by atoms with E-state index in [0.717, 1.165) is 6.42 Å². The van der Waals surface area contributed by atoms with Crippen LogP contribution in [0.25, 0.3) is 0 Å². The van der Waals surface area contributed by atoms with Crippen LogP contribution in [0.3, 0.4) is 0 Å². The van der Waals surface area contributed by atoms with Gasteiger partial charge in [0.2, 0.25) is 0 Å². The van der Waals surface area contributed by atoms with E-state index >= 15 is 0 Å². The standard InChI is InChI=1S/C19H17FN4O/c1-2-13-7-9-14(10-8-13)23-19(25)17-11-22-18(12-21-17)24-16-6-4-3-5-15(16)20/h3-12H,2H2,1H3,(H,22,24)(H,23,25). The van der Waals surface area contributed by atoms with Gasteiger partial charge < -0.3 is 10.6 Å². The summed E-state index contributed by atoms with van der Waals surface area (Å²) >= 11 is 0. The van der Waals surface area contributed by atoms with Gasteiger partial charge in [0.1, 0.15) is 17.3 Å². The van der Waals surface area contributed by atoms with Gasteiger partial charge in [0, 0.05) is 5.69 Å². The lowest BCUT2D eigenvalue weighted by molar-refractivity contribution is 0.102. The number of aromatic nitrogens is 2. The predicted octanol–water partition coefficient (Wildman–Crippen LogP) is 4.17. The van der Waals surface area contributed by atoms with Gasteiger partial charge in [0.15, 0.2) is 0 Å². The first-order chi connectivity index (χ1) is 12.2. The molecule has 0 saturated carbocycles. The maximum absolute atomic E-state index is 13.6. The minimum Gasteiger partial charge on any atom is -0.337 e. The van der Waals surface area contributed by atoms with Gasteiger partial charge in [-0.1, -0.05) is 31.2 Å². The Morgan fingerprint density at radius 3 is 2.44 bits per heavy atom. The second-order valence-corrected chi connectivity index (χ2v) is 5.40. The monoisotopic (exact) mass is 336 g/mol. The summed E-state index contributed by atoms with van der Waals surface area (Å²) in [7, 11) is 0. The Kier molecular flexibility index (Phi) is 4.99. The molecule has 3 aromatic rings. The molecule has 2 aromatic carbocycles. The first-order valence-electron chi connectivity index (χ1n) is 7.89. The molecule has 0 aliphatic rings. The van der Waals surface area contributed by atoms with Gasteiger partial charge in [-0.25, -0.2) is 14.4 Å². The normalized spacial score (nSPS) is 10.3. The zero-order valence-electron chi connectivity index (χ0n) is 13.7. The largest absolute Gasteiger partial charge is 0.337 e. The number of anilines is 3. The topological polar surface area (TPSA) is 66.9 Å². The molecule has 1 heterocycles. The van der Waals surface area contributed by atoms with Crippen molar-refractivity contribution >= 4 is 23.1 Å². The first-order valence-corrected chi connectivity index (χ1v) is 7.89. The van der Waals surface area contributed by atoms with E-state index in [1.807, 2.05) is 24.3 Å². The molecule has 0 atom stereocenters. The number of para-hydroxylation sites is 1. The van der Waals surface area contributed by atoms with Gasteiger partial charge >= 0.3 is 0 Å². The number of aryl methyl sites for hydroxylation is 1. The maximum atomic E-state index is 13.6. The zero-order chi connectivity index (χ0) is 17.6. The zero-order valence-corrected chi connectivity index (χ0v) is 13.7. The molecule has 0 aliphatic carbocycles. The molecule has 0 unspecified atom stereocenters. The van der Waals surface area contributed by atoms with Crippen LogP contribution in [0.4, 0.5) is 21.6 Å². The van der Waals surface area contributed by atoms with Crippen LogP contribution in [0, 0.1) is 5.82 Å². The summed E-state index contributed by atoms with van der Waals surface area (Å²) in [5.41, 5.74) is 2.36. The molecule has 126 valence electrons. The number of hydrogen-bond donors (Lipinski definition) is 2. The third kappa shape index (κ3) is 4.17. The number of halogens is 1. The highest BCUT2D eigenvalue weighted by Crippen LogP contribution is 2.17. The van der Waals surface area contributed by atoms with E-state index in [4.69, 9.17) is 0 Å². The quantitative estimate of drug-likeness (QED) is 0.734. The number of benzene rings is 2. The van der Waals surface area contributed by atoms with E-state index in [1.54, 1.807) is 18.2 Å². The van der Waals surface area contributed by atoms with Crippen molar-refractivity contribution in [2.75, 3.05) is 10.6 Å². The molecule has 6 heteroatoms. The highest BCUT2D eigenvalue weighted by Gasteiger charge is 2.09. The molecule has 0 fully saturated rings. The molecular weight excluding hydrogens is 319 g/mol. The molecule has 2 N–H and O–H groups in total. The molecular formula is C19H17FN4O. The molecule has 0 bridgehead atoms. The van der Waals surface area contributed by atoms with Gasteiger partial charge in [-0.2, -0.15) is 0 Å². The summed E-state index contributed by atoms with van der Waals surface area (Å²) in [4.78, 5) is 20.4. The third-order valence-electron chi connectivity index (χ3n) is 3.64. The number of amides is 1. The van der Waals surface area contributed by atoms with Crippen molar-refractivity contribution < 1.29 is 9.18 Å². The molecule has 0 radical (unpaired) electrons. The van der Waals surface area contributed by atoms with E-state index in [-0.39, 0.29) is 17.4 Å². The van der Waals surface area contributed by atoms with Crippen molar-refractivity contribution in [3.05, 3.63) is 78.0 Å². The van der Waals surface area contributed by atoms with Crippen LogP contribution in [-0.2, 0) is 6.42 Å². The number of carbonyl (C=O) groups is 1. The number of rotatable bonds is 5. The molecule has 5 nitrogen and oxygen atoms in total. The number of nitrogens with one attached hydrogen (secondary N) is 2. The van der Waals surface area contributed by atoms with Crippen molar-refractivity contribution in [2.24, 2.45) is 0 Å². The summed E-state index contributed by atoms with van der Waals surface area (Å²) in [5.74, 6) is -0.384. The average Bonchev–Trinajstić information content (AvgIpc) is 2.65. The van der Waals surface area contributed by atoms with E-state index < -0.39 is 0 Å². The van der Waals surface area contributed by atoms with Crippen molar-refractivity contribution in [3.8, 4) is 0 Å². The smallest absolute Gasteiger partial charge is 0.275 e. The van der Waals surface area contributed by atoms with Crippen LogP contribution < -0.4 is 10.6 Å². The third-order valence-corrected chi connectivity index (χ3v) is 3.64. The first kappa shape index (κ1) is 16.6. The van der Waals surface area contributed by atoms with Crippen molar-refractivity contribution in [3.63, 3.8) is 0 Å². The van der Waals surface area contributed by atoms with Crippen LogP contribution in [0.1, 0.15) is 23.0 Å².